The van der Waals surface area contributed by atoms with E-state index < -0.39 is 0 Å². The van der Waals surface area contributed by atoms with Gasteiger partial charge in [0.25, 0.3) is 0 Å². The van der Waals surface area contributed by atoms with Crippen LogP contribution < -0.4 is 4.74 Å². The molecular formula is C15H20O2. The van der Waals surface area contributed by atoms with Crippen LogP contribution in [0, 0.1) is 0 Å². The molecule has 0 spiro atoms. The van der Waals surface area contributed by atoms with Crippen LogP contribution in [0.5, 0.6) is 5.75 Å². The van der Waals surface area contributed by atoms with Crippen molar-refractivity contribution < 1.29 is 9.84 Å². The molecule has 17 heavy (non-hydrogen) atoms. The lowest BCUT2D eigenvalue weighted by atomic mass is 9.89. The second-order valence-corrected chi connectivity index (χ2v) is 4.66. The van der Waals surface area contributed by atoms with Crippen molar-refractivity contribution in [1.29, 1.82) is 0 Å². The molecule has 2 heteroatoms. The van der Waals surface area contributed by atoms with Gasteiger partial charge < -0.3 is 9.84 Å². The van der Waals surface area contributed by atoms with Gasteiger partial charge in [0, 0.05) is 0 Å². The first-order valence-electron chi connectivity index (χ1n) is 6.31. The van der Waals surface area contributed by atoms with Gasteiger partial charge in [0.2, 0.25) is 0 Å². The fraction of sp³-hybridized carbons (Fsp3) is 0.467. The van der Waals surface area contributed by atoms with Crippen LogP contribution in [0.25, 0.3) is 0 Å². The van der Waals surface area contributed by atoms with Gasteiger partial charge in [-0.05, 0) is 54.5 Å². The third kappa shape index (κ3) is 2.89. The molecule has 0 saturated heterocycles. The maximum atomic E-state index is 9.85. The second-order valence-electron chi connectivity index (χ2n) is 4.66. The van der Waals surface area contributed by atoms with Gasteiger partial charge in [-0.3, -0.25) is 0 Å². The Labute approximate surface area is 103 Å². The number of aliphatic hydroxyl groups excluding tert-OH is 1. The zero-order valence-corrected chi connectivity index (χ0v) is 10.4. The van der Waals surface area contributed by atoms with Gasteiger partial charge in [0.05, 0.1) is 6.10 Å². The van der Waals surface area contributed by atoms with Crippen LogP contribution in [0.3, 0.4) is 0 Å². The fourth-order valence-corrected chi connectivity index (χ4v) is 2.14. The van der Waals surface area contributed by atoms with Crippen LogP contribution in [-0.4, -0.2) is 11.7 Å². The lowest BCUT2D eigenvalue weighted by Crippen LogP contribution is -2.09. The molecular weight excluding hydrogens is 212 g/mol. The van der Waals surface area contributed by atoms with Crippen LogP contribution >= 0.6 is 0 Å². The first-order valence-corrected chi connectivity index (χ1v) is 6.31. The maximum absolute atomic E-state index is 9.85. The topological polar surface area (TPSA) is 29.5 Å². The van der Waals surface area contributed by atoms with Crippen molar-refractivity contribution in [2.45, 2.75) is 38.7 Å². The zero-order valence-electron chi connectivity index (χ0n) is 10.4. The summed E-state index contributed by atoms with van der Waals surface area (Å²) in [7, 11) is 0. The predicted octanol–water partition coefficient (Wildman–Crippen LogP) is 3.40. The Hall–Kier alpha value is -1.28. The number of hydrogen-bond donors (Lipinski definition) is 1. The number of benzene rings is 1. The molecule has 0 radical (unpaired) electrons. The molecule has 0 heterocycles. The van der Waals surface area contributed by atoms with Crippen molar-refractivity contribution in [3.8, 4) is 5.75 Å². The van der Waals surface area contributed by atoms with Gasteiger partial charge in [-0.1, -0.05) is 19.6 Å². The molecule has 2 rings (SSSR count). The van der Waals surface area contributed by atoms with Crippen LogP contribution in [0.15, 0.2) is 30.4 Å². The number of aliphatic hydroxyl groups is 1. The summed E-state index contributed by atoms with van der Waals surface area (Å²) in [6, 6.07) is 5.99. The molecule has 0 saturated carbocycles. The van der Waals surface area contributed by atoms with Crippen molar-refractivity contribution in [1.82, 2.24) is 0 Å². The van der Waals surface area contributed by atoms with E-state index in [0.717, 1.165) is 42.6 Å². The molecule has 92 valence electrons. The predicted molar refractivity (Wildman–Crippen MR) is 69.3 cm³/mol. The van der Waals surface area contributed by atoms with Crippen LogP contribution in [-0.2, 0) is 6.42 Å². The zero-order chi connectivity index (χ0) is 12.3. The Morgan fingerprint density at radius 3 is 3.12 bits per heavy atom. The van der Waals surface area contributed by atoms with Gasteiger partial charge in [0.15, 0.2) is 0 Å². The fourth-order valence-electron chi connectivity index (χ4n) is 2.14. The Morgan fingerprint density at radius 2 is 2.35 bits per heavy atom. The summed E-state index contributed by atoms with van der Waals surface area (Å²) >= 11 is 0. The van der Waals surface area contributed by atoms with Crippen molar-refractivity contribution in [3.05, 3.63) is 41.5 Å². The van der Waals surface area contributed by atoms with Crippen LogP contribution in [0.2, 0.25) is 0 Å². The summed E-state index contributed by atoms with van der Waals surface area (Å²) in [6.45, 7) is 6.58. The number of fused-ring (bicyclic) bond motifs is 1. The van der Waals surface area contributed by atoms with Crippen molar-refractivity contribution in [2.24, 2.45) is 0 Å². The van der Waals surface area contributed by atoms with E-state index in [1.54, 1.807) is 0 Å². The lowest BCUT2D eigenvalue weighted by Gasteiger charge is -2.21. The molecule has 0 aliphatic heterocycles. The average molecular weight is 232 g/mol. The molecule has 1 aliphatic rings. The summed E-state index contributed by atoms with van der Waals surface area (Å²) in [5.74, 6) is 0.882. The summed E-state index contributed by atoms with van der Waals surface area (Å²) < 4.78 is 5.68. The molecule has 1 unspecified atom stereocenters. The quantitative estimate of drug-likeness (QED) is 0.806. The number of rotatable bonds is 4. The van der Waals surface area contributed by atoms with Crippen molar-refractivity contribution >= 4 is 0 Å². The van der Waals surface area contributed by atoms with Gasteiger partial charge in [-0.25, -0.2) is 0 Å². The molecule has 0 fully saturated rings. The summed E-state index contributed by atoms with van der Waals surface area (Å²) in [4.78, 5) is 0. The number of ether oxygens (including phenoxy) is 1. The maximum Gasteiger partial charge on any atom is 0.120 e. The Bertz CT molecular complexity index is 409. The SMILES string of the molecule is C=C(CC)COc1ccc2c(c1)CCCC2O. The first-order chi connectivity index (χ1) is 8.20. The minimum Gasteiger partial charge on any atom is -0.489 e. The Kier molecular flexibility index (Phi) is 3.85. The van der Waals surface area contributed by atoms with Crippen LogP contribution in [0.4, 0.5) is 0 Å². The largest absolute Gasteiger partial charge is 0.489 e. The number of aryl methyl sites for hydroxylation is 1. The minimum atomic E-state index is -0.293. The Morgan fingerprint density at radius 1 is 1.53 bits per heavy atom. The molecule has 1 aromatic rings. The molecule has 2 nitrogen and oxygen atoms in total. The molecule has 0 aromatic heterocycles. The molecule has 0 bridgehead atoms. The highest BCUT2D eigenvalue weighted by atomic mass is 16.5. The molecule has 1 aromatic carbocycles. The highest BCUT2D eigenvalue weighted by Crippen LogP contribution is 2.31. The van der Waals surface area contributed by atoms with Gasteiger partial charge >= 0.3 is 0 Å². The van der Waals surface area contributed by atoms with Crippen molar-refractivity contribution in [3.63, 3.8) is 0 Å². The highest BCUT2D eigenvalue weighted by Gasteiger charge is 2.17. The second kappa shape index (κ2) is 5.37. The molecule has 1 aliphatic carbocycles. The third-order valence-corrected chi connectivity index (χ3v) is 3.34. The van der Waals surface area contributed by atoms with E-state index in [9.17, 15) is 5.11 Å². The standard InChI is InChI=1S/C15H20O2/c1-3-11(2)10-17-13-7-8-14-12(9-13)5-4-6-15(14)16/h7-9,15-16H,2-6,10H2,1H3. The first kappa shape index (κ1) is 12.2. The lowest BCUT2D eigenvalue weighted by molar-refractivity contribution is 0.156. The van der Waals surface area contributed by atoms with E-state index in [4.69, 9.17) is 4.74 Å². The summed E-state index contributed by atoms with van der Waals surface area (Å²) in [5.41, 5.74) is 3.39. The van der Waals surface area contributed by atoms with E-state index in [-0.39, 0.29) is 6.10 Å². The van der Waals surface area contributed by atoms with E-state index in [1.807, 2.05) is 12.1 Å². The third-order valence-electron chi connectivity index (χ3n) is 3.34. The smallest absolute Gasteiger partial charge is 0.120 e. The van der Waals surface area contributed by atoms with Crippen molar-refractivity contribution in [2.75, 3.05) is 6.61 Å². The minimum absolute atomic E-state index is 0.293. The van der Waals surface area contributed by atoms with E-state index in [0.29, 0.717) is 6.61 Å². The highest BCUT2D eigenvalue weighted by molar-refractivity contribution is 5.38. The molecule has 0 amide bonds. The van der Waals surface area contributed by atoms with Gasteiger partial charge in [-0.15, -0.1) is 0 Å². The number of hydrogen-bond acceptors (Lipinski definition) is 2. The normalized spacial score (nSPS) is 18.6. The van der Waals surface area contributed by atoms with Gasteiger partial charge in [0.1, 0.15) is 12.4 Å². The monoisotopic (exact) mass is 232 g/mol. The van der Waals surface area contributed by atoms with E-state index >= 15 is 0 Å². The average Bonchev–Trinajstić information content (AvgIpc) is 2.36. The van der Waals surface area contributed by atoms with E-state index in [1.165, 1.54) is 5.56 Å². The summed E-state index contributed by atoms with van der Waals surface area (Å²) in [5, 5.41) is 9.85. The molecule has 1 atom stereocenters. The van der Waals surface area contributed by atoms with E-state index in [2.05, 4.69) is 19.6 Å². The molecule has 1 N–H and O–H groups in total. The van der Waals surface area contributed by atoms with Crippen LogP contribution in [0.1, 0.15) is 43.4 Å². The Balaban J connectivity index is 2.08. The van der Waals surface area contributed by atoms with Gasteiger partial charge in [-0.2, -0.15) is 0 Å². The summed E-state index contributed by atoms with van der Waals surface area (Å²) in [6.07, 6.45) is 3.62.